The van der Waals surface area contributed by atoms with E-state index in [9.17, 15) is 0 Å². The quantitative estimate of drug-likeness (QED) is 0.699. The van der Waals surface area contributed by atoms with Crippen LogP contribution in [-0.2, 0) is 5.41 Å². The first-order valence-electron chi connectivity index (χ1n) is 6.30. The molecule has 0 atom stereocenters. The smallest absolute Gasteiger partial charge is 0.0410 e. The molecule has 0 aromatic heterocycles. The van der Waals surface area contributed by atoms with E-state index in [1.807, 2.05) is 6.07 Å². The van der Waals surface area contributed by atoms with Crippen LogP contribution in [0.1, 0.15) is 18.4 Å². The summed E-state index contributed by atoms with van der Waals surface area (Å²) < 4.78 is 0. The standard InChI is InChI=1S/C14H19ClN2/c1-16-7-5-14(6-8-16)10-17(2)13-4-3-11(15)9-12(13)14/h3-4,9H,5-8,10H2,1-2H3. The Hall–Kier alpha value is -0.730. The molecule has 1 fully saturated rings. The molecule has 2 aliphatic heterocycles. The van der Waals surface area contributed by atoms with Gasteiger partial charge in [0.25, 0.3) is 0 Å². The summed E-state index contributed by atoms with van der Waals surface area (Å²) >= 11 is 6.17. The summed E-state index contributed by atoms with van der Waals surface area (Å²) in [6.45, 7) is 3.54. The second-order valence-electron chi connectivity index (χ2n) is 5.60. The van der Waals surface area contributed by atoms with Crippen LogP contribution in [-0.4, -0.2) is 38.6 Å². The molecule has 0 radical (unpaired) electrons. The van der Waals surface area contributed by atoms with Gasteiger partial charge in [0.15, 0.2) is 0 Å². The average Bonchev–Trinajstić information content (AvgIpc) is 2.57. The molecule has 1 saturated heterocycles. The van der Waals surface area contributed by atoms with Crippen molar-refractivity contribution in [3.8, 4) is 0 Å². The van der Waals surface area contributed by atoms with Gasteiger partial charge in [-0.2, -0.15) is 0 Å². The lowest BCUT2D eigenvalue weighted by molar-refractivity contribution is 0.197. The lowest BCUT2D eigenvalue weighted by atomic mass is 9.74. The zero-order valence-corrected chi connectivity index (χ0v) is 11.3. The Morgan fingerprint density at radius 1 is 1.18 bits per heavy atom. The Bertz CT molecular complexity index is 436. The van der Waals surface area contributed by atoms with Crippen molar-refractivity contribution in [1.29, 1.82) is 0 Å². The van der Waals surface area contributed by atoms with Gasteiger partial charge in [-0.15, -0.1) is 0 Å². The van der Waals surface area contributed by atoms with Crippen molar-refractivity contribution in [1.82, 2.24) is 4.90 Å². The first-order valence-corrected chi connectivity index (χ1v) is 6.68. The number of likely N-dealkylation sites (N-methyl/N-ethyl adjacent to an activating group) is 1. The Morgan fingerprint density at radius 2 is 1.88 bits per heavy atom. The van der Waals surface area contributed by atoms with E-state index in [0.29, 0.717) is 5.41 Å². The van der Waals surface area contributed by atoms with Crippen molar-refractivity contribution < 1.29 is 0 Å². The first kappa shape index (κ1) is 11.4. The van der Waals surface area contributed by atoms with Crippen LogP contribution in [0.2, 0.25) is 5.02 Å². The van der Waals surface area contributed by atoms with Crippen LogP contribution in [0.5, 0.6) is 0 Å². The fourth-order valence-corrected chi connectivity index (χ4v) is 3.54. The summed E-state index contributed by atoms with van der Waals surface area (Å²) in [5.41, 5.74) is 3.20. The molecule has 0 N–H and O–H groups in total. The minimum absolute atomic E-state index is 0.349. The highest BCUT2D eigenvalue weighted by molar-refractivity contribution is 6.30. The van der Waals surface area contributed by atoms with Gasteiger partial charge in [0, 0.05) is 29.7 Å². The highest BCUT2D eigenvalue weighted by Crippen LogP contribution is 2.46. The molecule has 1 spiro atoms. The third kappa shape index (κ3) is 1.74. The molecule has 1 aromatic carbocycles. The molecule has 0 saturated carbocycles. The highest BCUT2D eigenvalue weighted by atomic mass is 35.5. The molecule has 2 nitrogen and oxygen atoms in total. The molecule has 2 heterocycles. The maximum Gasteiger partial charge on any atom is 0.0410 e. The minimum Gasteiger partial charge on any atom is -0.373 e. The number of halogens is 1. The predicted octanol–water partition coefficient (Wildman–Crippen LogP) is 2.75. The number of likely N-dealkylation sites (tertiary alicyclic amines) is 1. The number of piperidine rings is 1. The Labute approximate surface area is 108 Å². The van der Waals surface area contributed by atoms with Gasteiger partial charge in [-0.3, -0.25) is 0 Å². The van der Waals surface area contributed by atoms with Crippen LogP contribution in [0, 0.1) is 0 Å². The van der Waals surface area contributed by atoms with Crippen LogP contribution in [0.15, 0.2) is 18.2 Å². The zero-order chi connectivity index (χ0) is 12.0. The predicted molar refractivity (Wildman–Crippen MR) is 73.1 cm³/mol. The second-order valence-corrected chi connectivity index (χ2v) is 6.04. The summed E-state index contributed by atoms with van der Waals surface area (Å²) in [6.07, 6.45) is 2.50. The van der Waals surface area contributed by atoms with Crippen molar-refractivity contribution in [3.63, 3.8) is 0 Å². The third-order valence-corrected chi connectivity index (χ3v) is 4.66. The maximum absolute atomic E-state index is 6.17. The number of fused-ring (bicyclic) bond motifs is 2. The van der Waals surface area contributed by atoms with Crippen molar-refractivity contribution in [2.75, 3.05) is 38.6 Å². The maximum atomic E-state index is 6.17. The van der Waals surface area contributed by atoms with Crippen LogP contribution < -0.4 is 4.90 Å². The van der Waals surface area contributed by atoms with Gasteiger partial charge in [0.1, 0.15) is 0 Å². The summed E-state index contributed by atoms with van der Waals surface area (Å²) in [7, 11) is 4.41. The van der Waals surface area contributed by atoms with Crippen LogP contribution in [0.3, 0.4) is 0 Å². The molecule has 3 heteroatoms. The molecule has 0 unspecified atom stereocenters. The van der Waals surface area contributed by atoms with Crippen molar-refractivity contribution in [2.45, 2.75) is 18.3 Å². The lowest BCUT2D eigenvalue weighted by Crippen LogP contribution is -2.43. The fourth-order valence-electron chi connectivity index (χ4n) is 3.36. The molecule has 92 valence electrons. The summed E-state index contributed by atoms with van der Waals surface area (Å²) in [5.74, 6) is 0. The number of nitrogens with zero attached hydrogens (tertiary/aromatic N) is 2. The number of hydrogen-bond acceptors (Lipinski definition) is 2. The second kappa shape index (κ2) is 3.89. The van der Waals surface area contributed by atoms with Gasteiger partial charge < -0.3 is 9.80 Å². The van der Waals surface area contributed by atoms with E-state index in [4.69, 9.17) is 11.6 Å². The first-order chi connectivity index (χ1) is 8.11. The highest BCUT2D eigenvalue weighted by Gasteiger charge is 2.43. The molecule has 0 bridgehead atoms. The Morgan fingerprint density at radius 3 is 2.59 bits per heavy atom. The van der Waals surface area contributed by atoms with E-state index >= 15 is 0 Å². The van der Waals surface area contributed by atoms with Gasteiger partial charge in [0.05, 0.1) is 0 Å². The van der Waals surface area contributed by atoms with Crippen LogP contribution >= 0.6 is 11.6 Å². The summed E-state index contributed by atoms with van der Waals surface area (Å²) in [4.78, 5) is 4.81. The molecule has 1 aromatic rings. The molecule has 0 amide bonds. The number of hydrogen-bond donors (Lipinski definition) is 0. The summed E-state index contributed by atoms with van der Waals surface area (Å²) in [6, 6.07) is 6.36. The van der Waals surface area contributed by atoms with Gasteiger partial charge in [0.2, 0.25) is 0 Å². The topological polar surface area (TPSA) is 6.48 Å². The lowest BCUT2D eigenvalue weighted by Gasteiger charge is -2.38. The minimum atomic E-state index is 0.349. The van der Waals surface area contributed by atoms with Gasteiger partial charge in [-0.05, 0) is 56.7 Å². The van der Waals surface area contributed by atoms with E-state index in [0.717, 1.165) is 11.6 Å². The molecular formula is C14H19ClN2. The number of rotatable bonds is 0. The van der Waals surface area contributed by atoms with E-state index in [1.54, 1.807) is 0 Å². The molecule has 17 heavy (non-hydrogen) atoms. The van der Waals surface area contributed by atoms with Gasteiger partial charge in [-0.25, -0.2) is 0 Å². The van der Waals surface area contributed by atoms with E-state index < -0.39 is 0 Å². The SMILES string of the molecule is CN1CCC2(CC1)CN(C)c1ccc(Cl)cc12. The monoisotopic (exact) mass is 250 g/mol. The van der Waals surface area contributed by atoms with Gasteiger partial charge in [-0.1, -0.05) is 11.6 Å². The largest absolute Gasteiger partial charge is 0.373 e. The van der Waals surface area contributed by atoms with Crippen LogP contribution in [0.4, 0.5) is 5.69 Å². The van der Waals surface area contributed by atoms with E-state index in [2.05, 4.69) is 36.0 Å². The fraction of sp³-hybridized carbons (Fsp3) is 0.571. The van der Waals surface area contributed by atoms with E-state index in [-0.39, 0.29) is 0 Å². The van der Waals surface area contributed by atoms with E-state index in [1.165, 1.54) is 37.2 Å². The van der Waals surface area contributed by atoms with Crippen molar-refractivity contribution in [3.05, 3.63) is 28.8 Å². The third-order valence-electron chi connectivity index (χ3n) is 4.43. The van der Waals surface area contributed by atoms with Gasteiger partial charge >= 0.3 is 0 Å². The summed E-state index contributed by atoms with van der Waals surface area (Å²) in [5, 5.41) is 0.873. The van der Waals surface area contributed by atoms with Crippen molar-refractivity contribution >= 4 is 17.3 Å². The van der Waals surface area contributed by atoms with Crippen LogP contribution in [0.25, 0.3) is 0 Å². The number of anilines is 1. The Balaban J connectivity index is 2.02. The normalized spacial score (nSPS) is 23.1. The molecular weight excluding hydrogens is 232 g/mol. The number of benzene rings is 1. The van der Waals surface area contributed by atoms with Crippen molar-refractivity contribution in [2.24, 2.45) is 0 Å². The molecule has 3 rings (SSSR count). The molecule has 2 aliphatic rings. The Kier molecular flexibility index (Phi) is 2.60. The average molecular weight is 251 g/mol. The zero-order valence-electron chi connectivity index (χ0n) is 10.5. The molecule has 0 aliphatic carbocycles.